The zero-order valence-corrected chi connectivity index (χ0v) is 15.0. The number of carbonyl (C=O) groups is 2. The van der Waals surface area contributed by atoms with E-state index >= 15 is 0 Å². The molecule has 0 saturated carbocycles. The standard InChI is InChI=1S/C21H20FNO4/c1-26-19-9-6-14(22)10-13(19)11-15-7-8-16(27-15)12-23-20(24)17-4-2-3-5-18(17)21(23)25/h2-6,9-10,15-16H,7-8,11-12H2,1H3/t15-,16+/m1/s1. The fourth-order valence-electron chi connectivity index (χ4n) is 3.83. The van der Waals surface area contributed by atoms with Crippen LogP contribution in [0.4, 0.5) is 4.39 Å². The molecular weight excluding hydrogens is 349 g/mol. The summed E-state index contributed by atoms with van der Waals surface area (Å²) in [6, 6.07) is 11.3. The third kappa shape index (κ3) is 3.32. The van der Waals surface area contributed by atoms with Crippen LogP contribution in [0, 0.1) is 5.82 Å². The number of fused-ring (bicyclic) bond motifs is 1. The van der Waals surface area contributed by atoms with Gasteiger partial charge < -0.3 is 9.47 Å². The number of benzene rings is 2. The van der Waals surface area contributed by atoms with Gasteiger partial charge in [0.25, 0.3) is 11.8 Å². The van der Waals surface area contributed by atoms with Gasteiger partial charge in [-0.3, -0.25) is 14.5 Å². The maximum atomic E-state index is 13.5. The maximum absolute atomic E-state index is 13.5. The van der Waals surface area contributed by atoms with Crippen LogP contribution >= 0.6 is 0 Å². The predicted octanol–water partition coefficient (Wildman–Crippen LogP) is 3.22. The van der Waals surface area contributed by atoms with E-state index in [0.29, 0.717) is 23.3 Å². The minimum absolute atomic E-state index is 0.0964. The average molecular weight is 369 g/mol. The summed E-state index contributed by atoms with van der Waals surface area (Å²) < 4.78 is 24.9. The molecular formula is C21H20FNO4. The highest BCUT2D eigenvalue weighted by Gasteiger charge is 2.38. The predicted molar refractivity (Wildman–Crippen MR) is 96.4 cm³/mol. The van der Waals surface area contributed by atoms with Crippen LogP contribution in [0.15, 0.2) is 42.5 Å². The first-order valence-electron chi connectivity index (χ1n) is 9.00. The summed E-state index contributed by atoms with van der Waals surface area (Å²) in [5, 5.41) is 0. The molecule has 140 valence electrons. The fraction of sp³-hybridized carbons (Fsp3) is 0.333. The fourth-order valence-corrected chi connectivity index (χ4v) is 3.83. The molecule has 2 amide bonds. The van der Waals surface area contributed by atoms with Crippen molar-refractivity contribution in [1.29, 1.82) is 0 Å². The Labute approximate surface area is 156 Å². The van der Waals surface area contributed by atoms with Crippen LogP contribution < -0.4 is 4.74 Å². The number of methoxy groups -OCH3 is 1. The van der Waals surface area contributed by atoms with Gasteiger partial charge in [0.1, 0.15) is 11.6 Å². The van der Waals surface area contributed by atoms with Gasteiger partial charge in [-0.1, -0.05) is 12.1 Å². The van der Waals surface area contributed by atoms with Crippen molar-refractivity contribution >= 4 is 11.8 Å². The quantitative estimate of drug-likeness (QED) is 0.760. The van der Waals surface area contributed by atoms with Gasteiger partial charge in [0.15, 0.2) is 0 Å². The van der Waals surface area contributed by atoms with Gasteiger partial charge in [-0.25, -0.2) is 4.39 Å². The summed E-state index contributed by atoms with van der Waals surface area (Å²) in [5.74, 6) is -0.223. The first-order chi connectivity index (χ1) is 13.1. The second kappa shape index (κ2) is 7.12. The summed E-state index contributed by atoms with van der Waals surface area (Å²) in [5.41, 5.74) is 1.65. The highest BCUT2D eigenvalue weighted by Crippen LogP contribution is 2.30. The SMILES string of the molecule is COc1ccc(F)cc1C[C@H]1CC[C@@H](CN2C(=O)c3ccccc3C2=O)O1. The lowest BCUT2D eigenvalue weighted by atomic mass is 10.0. The van der Waals surface area contributed by atoms with Crippen LogP contribution in [-0.2, 0) is 11.2 Å². The summed E-state index contributed by atoms with van der Waals surface area (Å²) in [4.78, 5) is 26.2. The van der Waals surface area contributed by atoms with Crippen molar-refractivity contribution in [1.82, 2.24) is 4.90 Å². The Balaban J connectivity index is 1.41. The normalized spacial score (nSPS) is 21.6. The van der Waals surface area contributed by atoms with Crippen LogP contribution in [0.25, 0.3) is 0 Å². The van der Waals surface area contributed by atoms with E-state index in [4.69, 9.17) is 9.47 Å². The Bertz CT molecular complexity index is 863. The molecule has 2 heterocycles. The molecule has 0 spiro atoms. The molecule has 2 aliphatic rings. The van der Waals surface area contributed by atoms with E-state index in [9.17, 15) is 14.0 Å². The molecule has 27 heavy (non-hydrogen) atoms. The van der Waals surface area contributed by atoms with Gasteiger partial charge in [0.2, 0.25) is 0 Å². The van der Waals surface area contributed by atoms with E-state index in [1.165, 1.54) is 17.0 Å². The lowest BCUT2D eigenvalue weighted by Crippen LogP contribution is -2.37. The number of nitrogens with zero attached hydrogens (tertiary/aromatic N) is 1. The van der Waals surface area contributed by atoms with Crippen molar-refractivity contribution in [2.24, 2.45) is 0 Å². The second-order valence-electron chi connectivity index (χ2n) is 6.88. The van der Waals surface area contributed by atoms with Crippen molar-refractivity contribution in [3.8, 4) is 5.75 Å². The van der Waals surface area contributed by atoms with E-state index < -0.39 is 0 Å². The summed E-state index contributed by atoms with van der Waals surface area (Å²) in [7, 11) is 1.55. The minimum atomic E-state index is -0.314. The molecule has 5 nitrogen and oxygen atoms in total. The monoisotopic (exact) mass is 369 g/mol. The molecule has 0 radical (unpaired) electrons. The number of carbonyl (C=O) groups excluding carboxylic acids is 2. The van der Waals surface area contributed by atoms with Crippen molar-refractivity contribution in [2.75, 3.05) is 13.7 Å². The molecule has 4 rings (SSSR count). The Hall–Kier alpha value is -2.73. The third-order valence-electron chi connectivity index (χ3n) is 5.15. The van der Waals surface area contributed by atoms with Gasteiger partial charge in [0.05, 0.1) is 37.0 Å². The largest absolute Gasteiger partial charge is 0.496 e. The van der Waals surface area contributed by atoms with Crippen LogP contribution in [0.1, 0.15) is 39.1 Å². The van der Waals surface area contributed by atoms with E-state index in [2.05, 4.69) is 0 Å². The molecule has 0 aromatic heterocycles. The van der Waals surface area contributed by atoms with Crippen LogP contribution in [-0.4, -0.2) is 42.6 Å². The van der Waals surface area contributed by atoms with Gasteiger partial charge in [0, 0.05) is 6.42 Å². The van der Waals surface area contributed by atoms with Gasteiger partial charge >= 0.3 is 0 Å². The molecule has 1 fully saturated rings. The first kappa shape index (κ1) is 17.7. The van der Waals surface area contributed by atoms with Crippen molar-refractivity contribution in [3.05, 3.63) is 65.0 Å². The number of halogens is 1. The zero-order chi connectivity index (χ0) is 19.0. The van der Waals surface area contributed by atoms with Crippen molar-refractivity contribution in [2.45, 2.75) is 31.5 Å². The molecule has 2 aromatic carbocycles. The molecule has 0 bridgehead atoms. The Morgan fingerprint density at radius 3 is 2.41 bits per heavy atom. The Kier molecular flexibility index (Phi) is 4.66. The van der Waals surface area contributed by atoms with E-state index in [1.807, 2.05) is 0 Å². The molecule has 0 unspecified atom stereocenters. The van der Waals surface area contributed by atoms with Crippen molar-refractivity contribution in [3.63, 3.8) is 0 Å². The maximum Gasteiger partial charge on any atom is 0.261 e. The molecule has 2 atom stereocenters. The molecule has 2 aromatic rings. The Morgan fingerprint density at radius 1 is 1.07 bits per heavy atom. The smallest absolute Gasteiger partial charge is 0.261 e. The number of hydrogen-bond donors (Lipinski definition) is 0. The average Bonchev–Trinajstić information content (AvgIpc) is 3.21. The molecule has 0 aliphatic carbocycles. The molecule has 0 N–H and O–H groups in total. The second-order valence-corrected chi connectivity index (χ2v) is 6.88. The third-order valence-corrected chi connectivity index (χ3v) is 5.15. The number of ether oxygens (including phenoxy) is 2. The number of rotatable bonds is 5. The number of amides is 2. The van der Waals surface area contributed by atoms with Gasteiger partial charge in [-0.2, -0.15) is 0 Å². The number of hydrogen-bond acceptors (Lipinski definition) is 4. The highest BCUT2D eigenvalue weighted by atomic mass is 19.1. The topological polar surface area (TPSA) is 55.8 Å². The highest BCUT2D eigenvalue weighted by molar-refractivity contribution is 6.21. The Morgan fingerprint density at radius 2 is 1.74 bits per heavy atom. The molecule has 1 saturated heterocycles. The zero-order valence-electron chi connectivity index (χ0n) is 15.0. The summed E-state index contributed by atoms with van der Waals surface area (Å²) in [6.07, 6.45) is 1.75. The minimum Gasteiger partial charge on any atom is -0.496 e. The van der Waals surface area contributed by atoms with Crippen molar-refractivity contribution < 1.29 is 23.5 Å². The lowest BCUT2D eigenvalue weighted by Gasteiger charge is -2.20. The van der Waals surface area contributed by atoms with E-state index in [0.717, 1.165) is 18.4 Å². The first-order valence-corrected chi connectivity index (χ1v) is 9.00. The van der Waals surface area contributed by atoms with E-state index in [-0.39, 0.29) is 36.4 Å². The number of imide groups is 1. The van der Waals surface area contributed by atoms with Gasteiger partial charge in [-0.05, 0) is 48.7 Å². The van der Waals surface area contributed by atoms with E-state index in [1.54, 1.807) is 37.4 Å². The molecule has 2 aliphatic heterocycles. The van der Waals surface area contributed by atoms with Crippen LogP contribution in [0.3, 0.4) is 0 Å². The molecule has 6 heteroatoms. The van der Waals surface area contributed by atoms with Crippen LogP contribution in [0.5, 0.6) is 5.75 Å². The summed E-state index contributed by atoms with van der Waals surface area (Å²) >= 11 is 0. The lowest BCUT2D eigenvalue weighted by molar-refractivity contribution is 0.0223. The summed E-state index contributed by atoms with van der Waals surface area (Å²) in [6.45, 7) is 0.239. The van der Waals surface area contributed by atoms with Gasteiger partial charge in [-0.15, -0.1) is 0 Å². The van der Waals surface area contributed by atoms with Crippen LogP contribution in [0.2, 0.25) is 0 Å².